The van der Waals surface area contributed by atoms with E-state index in [1.54, 1.807) is 155 Å². The van der Waals surface area contributed by atoms with Crippen molar-refractivity contribution in [2.75, 3.05) is 64.2 Å². The normalized spacial score (nSPS) is 11.1. The number of likely N-dealkylation sites (tertiary alicyclic amines) is 1. The van der Waals surface area contributed by atoms with Crippen LogP contribution in [-0.4, -0.2) is 134 Å². The average Bonchev–Trinajstić information content (AvgIpc) is 0.936. The first-order valence-electron chi connectivity index (χ1n) is 47.1. The smallest absolute Gasteiger partial charge is 0.260 e. The molecule has 2 aliphatic rings. The Bertz CT molecular complexity index is 6240. The van der Waals surface area contributed by atoms with Crippen LogP contribution in [0.3, 0.4) is 0 Å². The Morgan fingerprint density at radius 3 is 1.06 bits per heavy atom. The molecule has 0 spiro atoms. The summed E-state index contributed by atoms with van der Waals surface area (Å²) in [6.07, 6.45) is 11.0. The molecule has 14 rings (SSSR count). The summed E-state index contributed by atoms with van der Waals surface area (Å²) in [7, 11) is 0. The number of halogens is 9. The monoisotopic (exact) mass is 2090 g/mol. The first-order chi connectivity index (χ1) is 69.4. The lowest BCUT2D eigenvalue weighted by molar-refractivity contribution is -0.129. The topological polar surface area (TPSA) is 391 Å². The Labute approximate surface area is 868 Å². The van der Waals surface area contributed by atoms with Crippen LogP contribution < -0.4 is 59.7 Å². The zero-order valence-electron chi connectivity index (χ0n) is 84.3. The molecule has 0 atom stereocenters. The van der Waals surface area contributed by atoms with Gasteiger partial charge in [-0.05, 0) is 324 Å². The van der Waals surface area contributed by atoms with Gasteiger partial charge in [-0.2, -0.15) is 0 Å². The molecule has 778 valence electrons. The van der Waals surface area contributed by atoms with E-state index >= 15 is 0 Å². The molecule has 14 N–H and O–H groups in total. The fourth-order valence-electron chi connectivity index (χ4n) is 12.9. The van der Waals surface area contributed by atoms with Crippen LogP contribution in [0, 0.1) is 117 Å². The zero-order valence-corrected chi connectivity index (χ0v) is 87.4. The van der Waals surface area contributed by atoms with E-state index in [1.165, 1.54) is 103 Å². The standard InChI is InChI=1S/C14H17FN2O2.C13H12FNO2.C12H14FNO.C12H16FNO.C11H14ClNO.C11H9FN2OS.C11H15FN2O.C10H12ClNO.C9H11NO.C8H8ClNO/c1-10-4-5-11(12(15)8-10)14(19)16-9-13(18)17-6-2-3-7-17;1-9-4-5-11(12(14)7-9)13(16)15-8-10-3-2-6-17-10;1-8-2-5-10(11(13)6-8)12(15)14-7-9-3-4-9;1-3-4-7-14-12(15)10-6-5-9(2)8-11(10)13;1-3-6-13-11(14)9-5-4-8(2)7-10(9)12;1-7-2-3-8(9(12)6-7)10(15)14-11-13-4-5-16-11;1-8-3-4-9(10(12)7-8)11(15)14-6-2-5-13;1-3-12-10(13)8-5-4-7(2)6-9(8)11;1-6-3-4-8(9(10)11)7(2)5-6;1-5-2-3-6(8(10)11)7(9)4-5/h4-5,8H,2-3,6-7,9H2,1H3,(H,16,19);2-7H,8H2,1H3,(H,15,16);2,5-6,9H,3-4,7H2,1H3,(H,14,15);5-6,8H,3-4,7H2,1-2H3,(H,14,15);4-5,7H,3,6H2,1-2H3,(H,13,14);2-6H,1H3,(H,13,14,15);3-4,7H,2,5-6,13H2,1H3,(H,14,15);4-6H,3H2,1-2H3,(H,12,13);3-5H,1-2H3,(H2,10,11);2-4H,1H3,(H2,10,11). The van der Waals surface area contributed by atoms with Crippen LogP contribution in [0.2, 0.25) is 15.1 Å². The van der Waals surface area contributed by atoms with Crippen molar-refractivity contribution in [3.8, 4) is 0 Å². The highest BCUT2D eigenvalue weighted by Crippen LogP contribution is 2.28. The summed E-state index contributed by atoms with van der Waals surface area (Å²) in [6, 6.07) is 52.2. The van der Waals surface area contributed by atoms with Gasteiger partial charge in [-0.1, -0.05) is 127 Å². The van der Waals surface area contributed by atoms with Crippen LogP contribution in [0.1, 0.15) is 243 Å². The number of nitrogens with one attached hydrogen (secondary N) is 8. The third kappa shape index (κ3) is 44.5. The number of primary amides is 2. The molecule has 10 aromatic carbocycles. The summed E-state index contributed by atoms with van der Waals surface area (Å²) in [4.78, 5) is 131. The van der Waals surface area contributed by atoms with E-state index in [0.29, 0.717) is 99.8 Å². The number of thiazole rings is 1. The van der Waals surface area contributed by atoms with Crippen molar-refractivity contribution >= 4 is 116 Å². The van der Waals surface area contributed by atoms with Crippen molar-refractivity contribution in [3.05, 3.63) is 385 Å². The number of anilines is 1. The molecule has 35 heteroatoms. The van der Waals surface area contributed by atoms with Gasteiger partial charge in [0.1, 0.15) is 40.7 Å². The predicted octanol–water partition coefficient (Wildman–Crippen LogP) is 21.5. The average molecular weight is 2090 g/mol. The van der Waals surface area contributed by atoms with E-state index in [1.807, 2.05) is 79.7 Å². The fraction of sp³-hybridized carbons (Fsp3) is 0.297. The third-order valence-corrected chi connectivity index (χ3v) is 22.7. The van der Waals surface area contributed by atoms with Gasteiger partial charge in [0.05, 0.1) is 84.5 Å². The lowest BCUT2D eigenvalue weighted by Gasteiger charge is -2.15. The summed E-state index contributed by atoms with van der Waals surface area (Å²) in [5, 5.41) is 24.7. The number of rotatable bonds is 26. The molecule has 146 heavy (non-hydrogen) atoms. The van der Waals surface area contributed by atoms with Crippen molar-refractivity contribution in [3.63, 3.8) is 0 Å². The minimum atomic E-state index is -0.564. The number of furan rings is 1. The highest BCUT2D eigenvalue weighted by atomic mass is 35.5. The van der Waals surface area contributed by atoms with Crippen LogP contribution in [-0.2, 0) is 11.3 Å². The molecular formula is C111H128Cl3F6N13O12S. The first kappa shape index (κ1) is 122. The highest BCUT2D eigenvalue weighted by Gasteiger charge is 2.25. The molecule has 11 amide bonds. The molecule has 2 aromatic heterocycles. The maximum absolute atomic E-state index is 13.6. The van der Waals surface area contributed by atoms with E-state index < -0.39 is 58.5 Å². The van der Waals surface area contributed by atoms with Crippen LogP contribution in [0.25, 0.3) is 0 Å². The Hall–Kier alpha value is -14.3. The van der Waals surface area contributed by atoms with Crippen LogP contribution >= 0.6 is 46.1 Å². The Morgan fingerprint density at radius 2 is 0.726 bits per heavy atom. The van der Waals surface area contributed by atoms with Crippen LogP contribution in [0.4, 0.5) is 31.5 Å². The molecule has 1 saturated carbocycles. The van der Waals surface area contributed by atoms with Gasteiger partial charge in [0, 0.05) is 63.0 Å². The van der Waals surface area contributed by atoms with Crippen LogP contribution in [0.15, 0.2) is 216 Å². The third-order valence-electron chi connectivity index (χ3n) is 21.1. The summed E-state index contributed by atoms with van der Waals surface area (Å²) >= 11 is 18.9. The lowest BCUT2D eigenvalue weighted by atomic mass is 10.1. The molecule has 0 bridgehead atoms. The molecule has 3 heterocycles. The Kier molecular flexibility index (Phi) is 53.9. The predicted molar refractivity (Wildman–Crippen MR) is 565 cm³/mol. The van der Waals surface area contributed by atoms with E-state index in [4.69, 9.17) is 56.4 Å². The summed E-state index contributed by atoms with van der Waals surface area (Å²) < 4.78 is 85.6. The van der Waals surface area contributed by atoms with E-state index in [2.05, 4.69) is 47.5 Å². The summed E-state index contributed by atoms with van der Waals surface area (Å²) in [5.74, 6) is -5.42. The molecule has 0 radical (unpaired) electrons. The maximum Gasteiger partial charge on any atom is 0.260 e. The largest absolute Gasteiger partial charge is 0.467 e. The van der Waals surface area contributed by atoms with E-state index in [0.717, 1.165) is 106 Å². The molecule has 1 aliphatic carbocycles. The zero-order chi connectivity index (χ0) is 108. The van der Waals surface area contributed by atoms with Gasteiger partial charge in [-0.15, -0.1) is 11.3 Å². The molecule has 12 aromatic rings. The second-order valence-corrected chi connectivity index (χ2v) is 36.1. The number of carbonyl (C=O) groups excluding carboxylic acids is 11. The quantitative estimate of drug-likeness (QED) is 0.0177. The second kappa shape index (κ2) is 64.4. The van der Waals surface area contributed by atoms with Gasteiger partial charge in [0.25, 0.3) is 47.3 Å². The highest BCUT2D eigenvalue weighted by molar-refractivity contribution is 7.13. The molecule has 0 unspecified atom stereocenters. The fourth-order valence-corrected chi connectivity index (χ4v) is 14.4. The van der Waals surface area contributed by atoms with E-state index in [9.17, 15) is 79.1 Å². The lowest BCUT2D eigenvalue weighted by Crippen LogP contribution is -2.38. The van der Waals surface area contributed by atoms with Gasteiger partial charge >= 0.3 is 0 Å². The maximum atomic E-state index is 13.6. The minimum absolute atomic E-state index is 0.0279. The van der Waals surface area contributed by atoms with Gasteiger partial charge in [0.15, 0.2) is 5.13 Å². The number of aryl methyl sites for hydroxylation is 11. The number of amides is 11. The second-order valence-electron chi connectivity index (χ2n) is 34.0. The van der Waals surface area contributed by atoms with Gasteiger partial charge in [-0.25, -0.2) is 31.3 Å². The van der Waals surface area contributed by atoms with E-state index in [-0.39, 0.29) is 87.8 Å². The minimum Gasteiger partial charge on any atom is -0.467 e. The number of unbranched alkanes of at least 4 members (excludes halogenated alkanes) is 1. The number of hydrogen-bond acceptors (Lipinski definition) is 15. The Morgan fingerprint density at radius 1 is 0.390 bits per heavy atom. The molecule has 1 saturated heterocycles. The van der Waals surface area contributed by atoms with Crippen molar-refractivity contribution in [2.45, 2.75) is 155 Å². The molecule has 1 aliphatic heterocycles. The SMILES string of the molecule is CCCCNC(=O)c1ccc(C)cc1F.CCCNC(=O)c1ccc(C)cc1Cl.CCNC(=O)c1ccc(C)cc1Cl.Cc1ccc(C(=O)NCC(=O)N2CCCC2)c(F)c1.Cc1ccc(C(=O)NCC2CC2)c(F)c1.Cc1ccc(C(=O)NCCCN)c(F)c1.Cc1ccc(C(=O)NCc2ccco2)c(F)c1.Cc1ccc(C(=O)Nc2nccs2)c(F)c1.Cc1ccc(C(N)=O)c(C)c1.Cc1ccc(C(N)=O)c(Cl)c1. The number of nitrogens with zero attached hydrogens (tertiary/aromatic N) is 2. The van der Waals surface area contributed by atoms with Crippen molar-refractivity contribution in [2.24, 2.45) is 23.1 Å². The number of carbonyl (C=O) groups is 11. The Balaban J connectivity index is 0.000000286. The van der Waals surface area contributed by atoms with Crippen molar-refractivity contribution < 1.29 is 83.5 Å². The molecule has 25 nitrogen and oxygen atoms in total. The number of nitrogens with two attached hydrogens (primary N) is 3. The number of benzene rings is 10. The van der Waals surface area contributed by atoms with Gasteiger partial charge in [0.2, 0.25) is 17.7 Å². The summed E-state index contributed by atoms with van der Waals surface area (Å²) in [6.45, 7) is 31.5. The molecule has 2 fully saturated rings. The van der Waals surface area contributed by atoms with Gasteiger partial charge < -0.3 is 63.7 Å². The summed E-state index contributed by atoms with van der Waals surface area (Å²) in [5.41, 5.74) is 27.9. The number of aromatic nitrogens is 1. The van der Waals surface area contributed by atoms with Gasteiger partial charge in [-0.3, -0.25) is 58.1 Å². The van der Waals surface area contributed by atoms with Crippen LogP contribution in [0.5, 0.6) is 0 Å². The first-order valence-corrected chi connectivity index (χ1v) is 49.1. The van der Waals surface area contributed by atoms with Crippen molar-refractivity contribution in [1.29, 1.82) is 0 Å². The molecular weight excluding hydrogens is 1960 g/mol. The van der Waals surface area contributed by atoms with Crippen molar-refractivity contribution in [1.82, 2.24) is 47.1 Å². The number of hydrogen-bond donors (Lipinski definition) is 11.